The Balaban J connectivity index is 3.14. The molecule has 3 N–H and O–H groups in total. The van der Waals surface area contributed by atoms with Crippen molar-refractivity contribution in [3.05, 3.63) is 23.8 Å². The van der Waals surface area contributed by atoms with Gasteiger partial charge in [0.1, 0.15) is 0 Å². The van der Waals surface area contributed by atoms with Gasteiger partial charge in [-0.15, -0.1) is 0 Å². The summed E-state index contributed by atoms with van der Waals surface area (Å²) in [6.07, 6.45) is 0.827. The summed E-state index contributed by atoms with van der Waals surface area (Å²) in [5.41, 5.74) is 6.31. The fourth-order valence-electron chi connectivity index (χ4n) is 1.73. The number of hydrogen-bond donors (Lipinski definition) is 2. The number of aromatic hydroxyl groups is 1. The molecule has 0 saturated carbocycles. The molecule has 3 heteroatoms. The predicted octanol–water partition coefficient (Wildman–Crippen LogP) is 2.03. The number of ether oxygens (including phenoxy) is 1. The summed E-state index contributed by atoms with van der Waals surface area (Å²) in [4.78, 5) is 0. The van der Waals surface area contributed by atoms with E-state index >= 15 is 0 Å². The number of phenols is 1. The Bertz CT molecular complexity index is 334. The van der Waals surface area contributed by atoms with Crippen molar-refractivity contribution in [3.8, 4) is 11.5 Å². The van der Waals surface area contributed by atoms with Crippen molar-refractivity contribution < 1.29 is 9.84 Å². The number of methoxy groups -OCH3 is 1. The lowest BCUT2D eigenvalue weighted by Crippen LogP contribution is -2.21. The van der Waals surface area contributed by atoms with E-state index in [1.165, 1.54) is 0 Å². The lowest BCUT2D eigenvalue weighted by Gasteiger charge is -2.26. The zero-order valence-corrected chi connectivity index (χ0v) is 9.58. The Kier molecular flexibility index (Phi) is 3.58. The van der Waals surface area contributed by atoms with E-state index in [-0.39, 0.29) is 11.2 Å². The van der Waals surface area contributed by atoms with Crippen LogP contribution in [0.3, 0.4) is 0 Å². The zero-order chi connectivity index (χ0) is 11.5. The van der Waals surface area contributed by atoms with Gasteiger partial charge in [0.15, 0.2) is 11.5 Å². The number of rotatable bonds is 4. The van der Waals surface area contributed by atoms with Crippen LogP contribution in [0.25, 0.3) is 0 Å². The summed E-state index contributed by atoms with van der Waals surface area (Å²) >= 11 is 0. The molecular weight excluding hydrogens is 190 g/mol. The van der Waals surface area contributed by atoms with Crippen LogP contribution in [0.15, 0.2) is 18.2 Å². The van der Waals surface area contributed by atoms with Crippen LogP contribution in [-0.4, -0.2) is 18.8 Å². The summed E-state index contributed by atoms with van der Waals surface area (Å²) < 4.78 is 5.08. The van der Waals surface area contributed by atoms with E-state index in [1.807, 2.05) is 12.1 Å². The molecule has 0 amide bonds. The highest BCUT2D eigenvalue weighted by Crippen LogP contribution is 2.38. The number of nitrogens with two attached hydrogens (primary N) is 1. The van der Waals surface area contributed by atoms with Gasteiger partial charge in [0.05, 0.1) is 7.11 Å². The molecule has 0 heterocycles. The molecule has 0 atom stereocenters. The second kappa shape index (κ2) is 4.53. The molecule has 0 bridgehead atoms. The summed E-state index contributed by atoms with van der Waals surface area (Å²) in [6.45, 7) is 4.73. The highest BCUT2D eigenvalue weighted by molar-refractivity contribution is 5.48. The van der Waals surface area contributed by atoms with Crippen LogP contribution in [0.5, 0.6) is 11.5 Å². The number of benzene rings is 1. The monoisotopic (exact) mass is 209 g/mol. The molecule has 84 valence electrons. The van der Waals surface area contributed by atoms with E-state index in [0.717, 1.165) is 12.0 Å². The van der Waals surface area contributed by atoms with E-state index in [0.29, 0.717) is 12.3 Å². The van der Waals surface area contributed by atoms with Crippen LogP contribution < -0.4 is 10.5 Å². The van der Waals surface area contributed by atoms with Crippen LogP contribution >= 0.6 is 0 Å². The van der Waals surface area contributed by atoms with Gasteiger partial charge >= 0.3 is 0 Å². The third-order valence-corrected chi connectivity index (χ3v) is 2.72. The first kappa shape index (κ1) is 11.9. The van der Waals surface area contributed by atoms with Crippen molar-refractivity contribution in [2.24, 2.45) is 5.73 Å². The van der Waals surface area contributed by atoms with Crippen LogP contribution in [0, 0.1) is 0 Å². The third-order valence-electron chi connectivity index (χ3n) is 2.72. The number of para-hydroxylation sites is 1. The first-order chi connectivity index (χ1) is 7.03. The minimum Gasteiger partial charge on any atom is -0.504 e. The number of hydrogen-bond acceptors (Lipinski definition) is 3. The van der Waals surface area contributed by atoms with Gasteiger partial charge in [-0.05, 0) is 24.4 Å². The third kappa shape index (κ3) is 2.42. The van der Waals surface area contributed by atoms with Gasteiger partial charge < -0.3 is 15.6 Å². The lowest BCUT2D eigenvalue weighted by atomic mass is 9.81. The quantitative estimate of drug-likeness (QED) is 0.797. The predicted molar refractivity (Wildman–Crippen MR) is 61.4 cm³/mol. The Morgan fingerprint density at radius 2 is 2.07 bits per heavy atom. The van der Waals surface area contributed by atoms with Gasteiger partial charge in [-0.2, -0.15) is 0 Å². The van der Waals surface area contributed by atoms with Crippen molar-refractivity contribution in [2.45, 2.75) is 25.7 Å². The fraction of sp³-hybridized carbons (Fsp3) is 0.500. The van der Waals surface area contributed by atoms with Crippen molar-refractivity contribution >= 4 is 0 Å². The van der Waals surface area contributed by atoms with Gasteiger partial charge in [0.2, 0.25) is 0 Å². The molecule has 0 radical (unpaired) electrons. The van der Waals surface area contributed by atoms with Crippen LogP contribution in [0.1, 0.15) is 25.8 Å². The topological polar surface area (TPSA) is 55.5 Å². The largest absolute Gasteiger partial charge is 0.504 e. The van der Waals surface area contributed by atoms with Gasteiger partial charge in [0.25, 0.3) is 0 Å². The van der Waals surface area contributed by atoms with Crippen molar-refractivity contribution in [2.75, 3.05) is 13.7 Å². The average Bonchev–Trinajstić information content (AvgIpc) is 2.17. The standard InChI is InChI=1S/C12H19NO2/c1-12(2,7-8-13)9-5-4-6-10(15-3)11(9)14/h4-6,14H,7-8,13H2,1-3H3. The van der Waals surface area contributed by atoms with Gasteiger partial charge in [-0.1, -0.05) is 26.0 Å². The molecule has 15 heavy (non-hydrogen) atoms. The molecule has 3 nitrogen and oxygen atoms in total. The lowest BCUT2D eigenvalue weighted by molar-refractivity contribution is 0.359. The maximum Gasteiger partial charge on any atom is 0.161 e. The fourth-order valence-corrected chi connectivity index (χ4v) is 1.73. The average molecular weight is 209 g/mol. The summed E-state index contributed by atoms with van der Waals surface area (Å²) in [5, 5.41) is 9.99. The Morgan fingerprint density at radius 1 is 1.40 bits per heavy atom. The van der Waals surface area contributed by atoms with Crippen LogP contribution in [-0.2, 0) is 5.41 Å². The normalized spacial score (nSPS) is 11.5. The molecule has 0 aliphatic carbocycles. The maximum absolute atomic E-state index is 9.99. The highest BCUT2D eigenvalue weighted by Gasteiger charge is 2.24. The van der Waals surface area contributed by atoms with Gasteiger partial charge in [-0.3, -0.25) is 0 Å². The van der Waals surface area contributed by atoms with Gasteiger partial charge in [-0.25, -0.2) is 0 Å². The van der Waals surface area contributed by atoms with Crippen LogP contribution in [0.2, 0.25) is 0 Å². The molecule has 0 saturated heterocycles. The molecule has 1 rings (SSSR count). The molecule has 0 spiro atoms. The van der Waals surface area contributed by atoms with E-state index in [2.05, 4.69) is 13.8 Å². The van der Waals surface area contributed by atoms with Crippen molar-refractivity contribution in [3.63, 3.8) is 0 Å². The molecule has 0 unspecified atom stereocenters. The molecule has 1 aromatic carbocycles. The van der Waals surface area contributed by atoms with E-state index in [9.17, 15) is 5.11 Å². The summed E-state index contributed by atoms with van der Waals surface area (Å²) in [7, 11) is 1.55. The van der Waals surface area contributed by atoms with Crippen molar-refractivity contribution in [1.29, 1.82) is 0 Å². The van der Waals surface area contributed by atoms with Gasteiger partial charge in [0, 0.05) is 5.56 Å². The molecule has 0 fully saturated rings. The summed E-state index contributed by atoms with van der Waals surface area (Å²) in [6, 6.07) is 5.54. The molecule has 0 aliphatic heterocycles. The Hall–Kier alpha value is -1.22. The SMILES string of the molecule is COc1cccc(C(C)(C)CCN)c1O. The Labute approximate surface area is 90.9 Å². The minimum absolute atomic E-state index is 0.132. The molecule has 0 aliphatic rings. The maximum atomic E-state index is 9.99. The Morgan fingerprint density at radius 3 is 2.60 bits per heavy atom. The van der Waals surface area contributed by atoms with Crippen molar-refractivity contribution in [1.82, 2.24) is 0 Å². The molecular formula is C12H19NO2. The number of phenolic OH excluding ortho intramolecular Hbond substituents is 1. The van der Waals surface area contributed by atoms with E-state index in [1.54, 1.807) is 13.2 Å². The molecule has 0 aromatic heterocycles. The zero-order valence-electron chi connectivity index (χ0n) is 9.58. The first-order valence-corrected chi connectivity index (χ1v) is 5.09. The van der Waals surface area contributed by atoms with Crippen LogP contribution in [0.4, 0.5) is 0 Å². The summed E-state index contributed by atoms with van der Waals surface area (Å²) in [5.74, 6) is 0.732. The van der Waals surface area contributed by atoms with E-state index in [4.69, 9.17) is 10.5 Å². The van der Waals surface area contributed by atoms with E-state index < -0.39 is 0 Å². The molecule has 1 aromatic rings. The smallest absolute Gasteiger partial charge is 0.161 e. The second-order valence-electron chi connectivity index (χ2n) is 4.28. The first-order valence-electron chi connectivity index (χ1n) is 5.09. The highest BCUT2D eigenvalue weighted by atomic mass is 16.5. The minimum atomic E-state index is -0.132. The second-order valence-corrected chi connectivity index (χ2v) is 4.28.